The van der Waals surface area contributed by atoms with E-state index < -0.39 is 6.10 Å². The number of hydrogen-bond acceptors (Lipinski definition) is 6. The molecular weight excluding hydrogens is 733 g/mol. The third-order valence-corrected chi connectivity index (χ3v) is 11.1. The van der Waals surface area contributed by atoms with Crippen molar-refractivity contribution in [1.82, 2.24) is 0 Å². The van der Waals surface area contributed by atoms with Gasteiger partial charge in [-0.25, -0.2) is 0 Å². The van der Waals surface area contributed by atoms with E-state index in [0.717, 1.165) is 83.5 Å². The summed E-state index contributed by atoms with van der Waals surface area (Å²) in [6, 6.07) is 0. The summed E-state index contributed by atoms with van der Waals surface area (Å²) >= 11 is 0. The highest BCUT2D eigenvalue weighted by molar-refractivity contribution is 5.71. The third-order valence-electron chi connectivity index (χ3n) is 11.1. The van der Waals surface area contributed by atoms with Gasteiger partial charge in [0.25, 0.3) is 0 Å². The molecule has 0 aromatic rings. The highest BCUT2D eigenvalue weighted by atomic mass is 16.6. The molecular formula is C53H96O6. The Balaban J connectivity index is 4.37. The van der Waals surface area contributed by atoms with Crippen molar-refractivity contribution in [1.29, 1.82) is 0 Å². The van der Waals surface area contributed by atoms with E-state index in [4.69, 9.17) is 14.2 Å². The van der Waals surface area contributed by atoms with E-state index in [9.17, 15) is 14.4 Å². The van der Waals surface area contributed by atoms with E-state index in [0.29, 0.717) is 19.3 Å². The average molecular weight is 829 g/mol. The fourth-order valence-corrected chi connectivity index (χ4v) is 7.27. The van der Waals surface area contributed by atoms with Crippen molar-refractivity contribution in [2.75, 3.05) is 13.2 Å². The maximum Gasteiger partial charge on any atom is 0.306 e. The number of carbonyl (C=O) groups is 3. The Bertz CT molecular complexity index is 1000. The van der Waals surface area contributed by atoms with Gasteiger partial charge in [0.05, 0.1) is 0 Å². The quantitative estimate of drug-likeness (QED) is 0.0263. The zero-order valence-corrected chi connectivity index (χ0v) is 39.3. The van der Waals surface area contributed by atoms with E-state index in [1.165, 1.54) is 141 Å². The lowest BCUT2D eigenvalue weighted by Crippen LogP contribution is -2.30. The number of allylic oxidation sites excluding steroid dienone is 6. The minimum absolute atomic E-state index is 0.0754. The second kappa shape index (κ2) is 48.3. The van der Waals surface area contributed by atoms with Crippen LogP contribution in [0.3, 0.4) is 0 Å². The van der Waals surface area contributed by atoms with E-state index in [1.54, 1.807) is 0 Å². The smallest absolute Gasteiger partial charge is 0.306 e. The maximum atomic E-state index is 12.8. The van der Waals surface area contributed by atoms with Gasteiger partial charge < -0.3 is 14.2 Å². The van der Waals surface area contributed by atoms with E-state index in [1.807, 2.05) is 0 Å². The van der Waals surface area contributed by atoms with Crippen LogP contribution in [0.4, 0.5) is 0 Å². The molecule has 0 spiro atoms. The monoisotopic (exact) mass is 829 g/mol. The second-order valence-electron chi connectivity index (χ2n) is 17.1. The van der Waals surface area contributed by atoms with Crippen LogP contribution in [-0.2, 0) is 28.6 Å². The molecule has 0 bridgehead atoms. The summed E-state index contributed by atoms with van der Waals surface area (Å²) in [5.41, 5.74) is 0. The summed E-state index contributed by atoms with van der Waals surface area (Å²) in [6.45, 7) is 6.60. The van der Waals surface area contributed by atoms with Gasteiger partial charge in [-0.2, -0.15) is 0 Å². The summed E-state index contributed by atoms with van der Waals surface area (Å²) in [5, 5.41) is 0. The third kappa shape index (κ3) is 46.5. The Kier molecular flexibility index (Phi) is 46.4. The molecule has 0 saturated heterocycles. The van der Waals surface area contributed by atoms with Crippen molar-refractivity contribution >= 4 is 17.9 Å². The molecule has 0 radical (unpaired) electrons. The molecule has 0 saturated carbocycles. The first-order valence-electron chi connectivity index (χ1n) is 25.5. The maximum absolute atomic E-state index is 12.8. The van der Waals surface area contributed by atoms with Gasteiger partial charge >= 0.3 is 17.9 Å². The first-order valence-corrected chi connectivity index (χ1v) is 25.5. The van der Waals surface area contributed by atoms with Gasteiger partial charge in [-0.1, -0.05) is 224 Å². The van der Waals surface area contributed by atoms with Crippen molar-refractivity contribution in [2.24, 2.45) is 0 Å². The molecule has 0 fully saturated rings. The van der Waals surface area contributed by atoms with Gasteiger partial charge in [0.15, 0.2) is 6.10 Å². The normalized spacial score (nSPS) is 12.3. The Labute approximate surface area is 365 Å². The second-order valence-corrected chi connectivity index (χ2v) is 17.1. The number of carbonyl (C=O) groups excluding carboxylic acids is 3. The van der Waals surface area contributed by atoms with Gasteiger partial charge in [-0.15, -0.1) is 0 Å². The molecule has 0 amide bonds. The topological polar surface area (TPSA) is 78.9 Å². The van der Waals surface area contributed by atoms with Gasteiger partial charge in [0, 0.05) is 19.3 Å². The molecule has 0 aromatic carbocycles. The fraction of sp³-hybridized carbons (Fsp3) is 0.830. The number of rotatable bonds is 46. The number of hydrogen-bond donors (Lipinski definition) is 0. The van der Waals surface area contributed by atoms with Crippen LogP contribution in [-0.4, -0.2) is 37.2 Å². The largest absolute Gasteiger partial charge is 0.462 e. The van der Waals surface area contributed by atoms with Crippen LogP contribution in [0.25, 0.3) is 0 Å². The summed E-state index contributed by atoms with van der Waals surface area (Å²) in [5.74, 6) is -0.889. The van der Waals surface area contributed by atoms with Crippen LogP contribution in [0.15, 0.2) is 36.5 Å². The van der Waals surface area contributed by atoms with Gasteiger partial charge in [-0.3, -0.25) is 14.4 Å². The molecule has 59 heavy (non-hydrogen) atoms. The van der Waals surface area contributed by atoms with Crippen molar-refractivity contribution in [3.63, 3.8) is 0 Å². The van der Waals surface area contributed by atoms with Crippen LogP contribution in [0.1, 0.15) is 265 Å². The lowest BCUT2D eigenvalue weighted by atomic mass is 10.0. The van der Waals surface area contributed by atoms with Crippen LogP contribution in [0, 0.1) is 0 Å². The van der Waals surface area contributed by atoms with Crippen molar-refractivity contribution in [3.8, 4) is 0 Å². The molecule has 0 rings (SSSR count). The van der Waals surface area contributed by atoms with E-state index >= 15 is 0 Å². The fourth-order valence-electron chi connectivity index (χ4n) is 7.27. The summed E-state index contributed by atoms with van der Waals surface area (Å²) in [4.78, 5) is 37.9. The van der Waals surface area contributed by atoms with Crippen LogP contribution >= 0.6 is 0 Å². The molecule has 6 nitrogen and oxygen atoms in total. The van der Waals surface area contributed by atoms with Gasteiger partial charge in [0.1, 0.15) is 13.2 Å². The van der Waals surface area contributed by atoms with Crippen LogP contribution < -0.4 is 0 Å². The zero-order valence-electron chi connectivity index (χ0n) is 39.3. The Morgan fingerprint density at radius 2 is 0.610 bits per heavy atom. The van der Waals surface area contributed by atoms with Crippen molar-refractivity contribution in [2.45, 2.75) is 271 Å². The molecule has 1 atom stereocenters. The summed E-state index contributed by atoms with van der Waals surface area (Å²) in [7, 11) is 0. The Morgan fingerprint density at radius 1 is 0.339 bits per heavy atom. The molecule has 0 heterocycles. The van der Waals surface area contributed by atoms with Crippen molar-refractivity contribution in [3.05, 3.63) is 36.5 Å². The lowest BCUT2D eigenvalue weighted by molar-refractivity contribution is -0.167. The molecule has 0 unspecified atom stereocenters. The highest BCUT2D eigenvalue weighted by Crippen LogP contribution is 2.15. The molecule has 0 aliphatic heterocycles. The molecule has 0 aromatic heterocycles. The Morgan fingerprint density at radius 3 is 0.983 bits per heavy atom. The molecule has 0 N–H and O–H groups in total. The lowest BCUT2D eigenvalue weighted by Gasteiger charge is -2.18. The van der Waals surface area contributed by atoms with Crippen molar-refractivity contribution < 1.29 is 28.6 Å². The van der Waals surface area contributed by atoms with E-state index in [-0.39, 0.29) is 31.1 Å². The molecule has 0 aliphatic carbocycles. The molecule has 6 heteroatoms. The highest BCUT2D eigenvalue weighted by Gasteiger charge is 2.19. The predicted octanol–water partition coefficient (Wildman–Crippen LogP) is 16.5. The van der Waals surface area contributed by atoms with E-state index in [2.05, 4.69) is 57.2 Å². The zero-order chi connectivity index (χ0) is 43.0. The average Bonchev–Trinajstić information content (AvgIpc) is 3.23. The van der Waals surface area contributed by atoms with Gasteiger partial charge in [0.2, 0.25) is 0 Å². The first-order chi connectivity index (χ1) is 29.0. The number of unbranched alkanes of at least 4 members (excludes halogenated alkanes) is 29. The summed E-state index contributed by atoms with van der Waals surface area (Å²) < 4.78 is 16.8. The SMILES string of the molecule is CCCCC/C=C\C/C=C\C/C=C\CCCCCCC(=O)OC[C@@H](COC(=O)CCCCCCCCCCCCC)OC(=O)CCCCCCCCCCCCCCC. The summed E-state index contributed by atoms with van der Waals surface area (Å²) in [6.07, 6.45) is 55.5. The van der Waals surface area contributed by atoms with Crippen LogP contribution in [0.2, 0.25) is 0 Å². The number of esters is 3. The predicted molar refractivity (Wildman–Crippen MR) is 252 cm³/mol. The minimum Gasteiger partial charge on any atom is -0.462 e. The molecule has 0 aliphatic rings. The Hall–Kier alpha value is -2.37. The van der Waals surface area contributed by atoms with Crippen LogP contribution in [0.5, 0.6) is 0 Å². The first kappa shape index (κ1) is 56.6. The minimum atomic E-state index is -0.775. The standard InChI is InChI=1S/C53H96O6/c1-4-7-10-13-16-19-22-24-25-26-27-29-31-34-37-40-43-46-52(55)58-49-50(48-57-51(54)45-42-39-36-33-30-21-18-15-12-9-6-3)59-53(56)47-44-41-38-35-32-28-23-20-17-14-11-8-5-2/h16,19,24-25,27,29,50H,4-15,17-18,20-23,26,28,30-49H2,1-3H3/b19-16-,25-24-,29-27-/t50-/m1/s1. The molecule has 344 valence electrons. The number of ether oxygens (including phenoxy) is 3. The van der Waals surface area contributed by atoms with Gasteiger partial charge in [-0.05, 0) is 57.8 Å².